The van der Waals surface area contributed by atoms with E-state index in [1.54, 1.807) is 0 Å². The summed E-state index contributed by atoms with van der Waals surface area (Å²) >= 11 is 0. The van der Waals surface area contributed by atoms with Crippen LogP contribution in [0.4, 0.5) is 0 Å². The van der Waals surface area contributed by atoms with Crippen molar-refractivity contribution >= 4 is 0 Å². The normalized spacial score (nSPS) is 31.8. The summed E-state index contributed by atoms with van der Waals surface area (Å²) in [5, 5.41) is 0. The van der Waals surface area contributed by atoms with Crippen LogP contribution in [0.25, 0.3) is 0 Å². The van der Waals surface area contributed by atoms with Gasteiger partial charge >= 0.3 is 0 Å². The molecule has 0 aromatic heterocycles. The van der Waals surface area contributed by atoms with Gasteiger partial charge in [-0.2, -0.15) is 0 Å². The van der Waals surface area contributed by atoms with Gasteiger partial charge in [-0.1, -0.05) is 25.7 Å². The molecule has 0 aromatic rings. The highest BCUT2D eigenvalue weighted by atomic mass is 16.5. The quantitative estimate of drug-likeness (QED) is 0.614. The van der Waals surface area contributed by atoms with Crippen LogP contribution in [0.5, 0.6) is 0 Å². The Labute approximate surface area is 80.6 Å². The zero-order chi connectivity index (χ0) is 8.93. The Morgan fingerprint density at radius 1 is 0.846 bits per heavy atom. The van der Waals surface area contributed by atoms with Gasteiger partial charge in [-0.25, -0.2) is 0 Å². The van der Waals surface area contributed by atoms with Crippen LogP contribution in [-0.2, 0) is 9.47 Å². The van der Waals surface area contributed by atoms with Gasteiger partial charge in [0.05, 0.1) is 18.8 Å². The molecule has 0 spiro atoms. The molecular formula is C11H20O2. The van der Waals surface area contributed by atoms with E-state index in [0.29, 0.717) is 12.2 Å². The summed E-state index contributed by atoms with van der Waals surface area (Å²) in [5.74, 6) is 0. The third-order valence-electron chi connectivity index (χ3n) is 3.08. The molecule has 1 saturated heterocycles. The molecule has 0 aromatic carbocycles. The molecule has 2 fully saturated rings. The Balaban J connectivity index is 1.71. The van der Waals surface area contributed by atoms with Crippen molar-refractivity contribution in [3.8, 4) is 0 Å². The van der Waals surface area contributed by atoms with Crippen LogP contribution in [0.1, 0.15) is 44.9 Å². The second-order valence-corrected chi connectivity index (χ2v) is 4.24. The molecule has 1 heterocycles. The van der Waals surface area contributed by atoms with Gasteiger partial charge in [-0.3, -0.25) is 0 Å². The summed E-state index contributed by atoms with van der Waals surface area (Å²) in [4.78, 5) is 0. The van der Waals surface area contributed by atoms with Crippen molar-refractivity contribution in [2.75, 3.05) is 13.2 Å². The molecule has 2 rings (SSSR count). The largest absolute Gasteiger partial charge is 0.379 e. The maximum Gasteiger partial charge on any atom is 0.0834 e. The number of ether oxygens (including phenoxy) is 2. The first-order valence-electron chi connectivity index (χ1n) is 5.68. The molecule has 1 aliphatic carbocycles. The van der Waals surface area contributed by atoms with Gasteiger partial charge in [-0.15, -0.1) is 0 Å². The van der Waals surface area contributed by atoms with Crippen LogP contribution in [0, 0.1) is 0 Å². The van der Waals surface area contributed by atoms with Crippen molar-refractivity contribution < 1.29 is 9.47 Å². The zero-order valence-electron chi connectivity index (χ0n) is 8.34. The van der Waals surface area contributed by atoms with Crippen LogP contribution in [0.3, 0.4) is 0 Å². The van der Waals surface area contributed by atoms with Gasteiger partial charge < -0.3 is 9.47 Å². The monoisotopic (exact) mass is 184 g/mol. The molecule has 0 bridgehead atoms. The van der Waals surface area contributed by atoms with E-state index in [0.717, 1.165) is 19.6 Å². The molecule has 0 radical (unpaired) electrons. The minimum absolute atomic E-state index is 0.406. The first kappa shape index (κ1) is 9.47. The average molecular weight is 184 g/mol. The third kappa shape index (κ3) is 2.96. The number of hydrogen-bond donors (Lipinski definition) is 0. The lowest BCUT2D eigenvalue weighted by Crippen LogP contribution is -2.21. The second kappa shape index (κ2) is 4.97. The van der Waals surface area contributed by atoms with Crippen molar-refractivity contribution in [3.05, 3.63) is 0 Å². The molecule has 1 aliphatic heterocycles. The zero-order valence-corrected chi connectivity index (χ0v) is 8.34. The van der Waals surface area contributed by atoms with Gasteiger partial charge in [0, 0.05) is 6.61 Å². The first-order chi connectivity index (χ1) is 6.45. The molecule has 1 atom stereocenters. The molecule has 76 valence electrons. The molecule has 1 saturated carbocycles. The van der Waals surface area contributed by atoms with Crippen LogP contribution >= 0.6 is 0 Å². The van der Waals surface area contributed by atoms with Gasteiger partial charge in [0.15, 0.2) is 0 Å². The lowest BCUT2D eigenvalue weighted by molar-refractivity contribution is -0.0221. The summed E-state index contributed by atoms with van der Waals surface area (Å²) in [5.41, 5.74) is 0. The molecule has 2 nitrogen and oxygen atoms in total. The smallest absolute Gasteiger partial charge is 0.0834 e. The van der Waals surface area contributed by atoms with Crippen LogP contribution in [0.2, 0.25) is 0 Å². The molecule has 0 amide bonds. The minimum Gasteiger partial charge on any atom is -0.379 e. The Hall–Kier alpha value is -0.0800. The average Bonchev–Trinajstić information content (AvgIpc) is 2.49. The molecule has 2 aliphatic rings. The predicted octanol–water partition coefficient (Wildman–Crippen LogP) is 2.51. The van der Waals surface area contributed by atoms with E-state index in [-0.39, 0.29) is 0 Å². The highest BCUT2D eigenvalue weighted by molar-refractivity contribution is 4.69. The van der Waals surface area contributed by atoms with E-state index < -0.39 is 0 Å². The fourth-order valence-corrected chi connectivity index (χ4v) is 2.27. The summed E-state index contributed by atoms with van der Waals surface area (Å²) < 4.78 is 11.3. The summed E-state index contributed by atoms with van der Waals surface area (Å²) in [6.07, 6.45) is 10.1. The van der Waals surface area contributed by atoms with E-state index in [1.807, 2.05) is 0 Å². The summed E-state index contributed by atoms with van der Waals surface area (Å²) in [7, 11) is 0. The maximum absolute atomic E-state index is 6.01. The molecule has 13 heavy (non-hydrogen) atoms. The van der Waals surface area contributed by atoms with Gasteiger partial charge in [-0.05, 0) is 19.3 Å². The molecule has 2 heteroatoms. The fourth-order valence-electron chi connectivity index (χ4n) is 2.27. The van der Waals surface area contributed by atoms with Crippen LogP contribution in [-0.4, -0.2) is 25.4 Å². The molecule has 0 N–H and O–H groups in total. The second-order valence-electron chi connectivity index (χ2n) is 4.24. The lowest BCUT2D eigenvalue weighted by atomic mass is 10.1. The fraction of sp³-hybridized carbons (Fsp3) is 1.00. The maximum atomic E-state index is 6.01. The topological polar surface area (TPSA) is 18.5 Å². The van der Waals surface area contributed by atoms with Crippen molar-refractivity contribution in [1.82, 2.24) is 0 Å². The lowest BCUT2D eigenvalue weighted by Gasteiger charge is -2.19. The molecule has 1 unspecified atom stereocenters. The number of hydrogen-bond acceptors (Lipinski definition) is 2. The third-order valence-corrected chi connectivity index (χ3v) is 3.08. The summed E-state index contributed by atoms with van der Waals surface area (Å²) in [6.45, 7) is 1.73. The number of rotatable bonds is 2. The Morgan fingerprint density at radius 3 is 2.23 bits per heavy atom. The van der Waals surface area contributed by atoms with E-state index in [1.165, 1.54) is 38.5 Å². The van der Waals surface area contributed by atoms with E-state index in [2.05, 4.69) is 0 Å². The van der Waals surface area contributed by atoms with E-state index in [9.17, 15) is 0 Å². The first-order valence-corrected chi connectivity index (χ1v) is 5.68. The minimum atomic E-state index is 0.406. The van der Waals surface area contributed by atoms with Crippen molar-refractivity contribution in [2.24, 2.45) is 0 Å². The van der Waals surface area contributed by atoms with Crippen molar-refractivity contribution in [2.45, 2.75) is 57.2 Å². The van der Waals surface area contributed by atoms with Gasteiger partial charge in [0.1, 0.15) is 0 Å². The van der Waals surface area contributed by atoms with Crippen LogP contribution < -0.4 is 0 Å². The standard InChI is InChI=1S/C11H20O2/c1-2-4-6-10(5-3-1)13-11-7-8-12-9-11/h10-11H,1-9H2. The van der Waals surface area contributed by atoms with Crippen LogP contribution in [0.15, 0.2) is 0 Å². The highest BCUT2D eigenvalue weighted by Gasteiger charge is 2.21. The van der Waals surface area contributed by atoms with Crippen molar-refractivity contribution in [3.63, 3.8) is 0 Å². The Morgan fingerprint density at radius 2 is 1.62 bits per heavy atom. The SMILES string of the molecule is C1CCCC(OC2CCOC2)CC1. The Kier molecular flexibility index (Phi) is 3.62. The van der Waals surface area contributed by atoms with E-state index >= 15 is 0 Å². The van der Waals surface area contributed by atoms with Gasteiger partial charge in [0.2, 0.25) is 0 Å². The van der Waals surface area contributed by atoms with E-state index in [4.69, 9.17) is 9.47 Å². The van der Waals surface area contributed by atoms with Crippen molar-refractivity contribution in [1.29, 1.82) is 0 Å². The molecular weight excluding hydrogens is 164 g/mol. The Bertz CT molecular complexity index is 133. The predicted molar refractivity (Wildman–Crippen MR) is 51.8 cm³/mol. The van der Waals surface area contributed by atoms with Gasteiger partial charge in [0.25, 0.3) is 0 Å². The highest BCUT2D eigenvalue weighted by Crippen LogP contribution is 2.22. The summed E-state index contributed by atoms with van der Waals surface area (Å²) in [6, 6.07) is 0.